The van der Waals surface area contributed by atoms with Gasteiger partial charge in [0.2, 0.25) is 0 Å². The van der Waals surface area contributed by atoms with Gasteiger partial charge in [0.25, 0.3) is 0 Å². The molecule has 0 spiro atoms. The van der Waals surface area contributed by atoms with Crippen molar-refractivity contribution in [2.75, 3.05) is 32.9 Å². The van der Waals surface area contributed by atoms with Gasteiger partial charge in [-0.15, -0.1) is 0 Å². The molecule has 1 atom stereocenters. The van der Waals surface area contributed by atoms with Crippen LogP contribution in [0.25, 0.3) is 0 Å². The molecule has 0 aromatic heterocycles. The van der Waals surface area contributed by atoms with Gasteiger partial charge in [0.05, 0.1) is 19.3 Å². The third-order valence-electron chi connectivity index (χ3n) is 2.47. The largest absolute Gasteiger partial charge is 0.379 e. The molecule has 0 aromatic carbocycles. The van der Waals surface area contributed by atoms with Crippen LogP contribution < -0.4 is 5.32 Å². The van der Waals surface area contributed by atoms with E-state index in [0.717, 1.165) is 26.3 Å². The van der Waals surface area contributed by atoms with Gasteiger partial charge in [-0.3, -0.25) is 0 Å². The number of hydrogen-bond donors (Lipinski definition) is 1. The Labute approximate surface area is 107 Å². The fraction of sp³-hybridized carbons (Fsp3) is 1.00. The molecule has 0 bridgehead atoms. The molecular weight excluding hydrogens is 214 g/mol. The lowest BCUT2D eigenvalue weighted by molar-refractivity contribution is -0.0329. The molecule has 0 saturated carbocycles. The van der Waals surface area contributed by atoms with Crippen molar-refractivity contribution in [2.45, 2.75) is 47.6 Å². The van der Waals surface area contributed by atoms with Crippen molar-refractivity contribution in [3.8, 4) is 0 Å². The summed E-state index contributed by atoms with van der Waals surface area (Å²) in [5.74, 6) is 0.698. The Morgan fingerprint density at radius 3 is 2.35 bits per heavy atom. The fourth-order valence-corrected chi connectivity index (χ4v) is 1.45. The molecule has 0 rings (SSSR count). The van der Waals surface area contributed by atoms with Crippen LogP contribution >= 0.6 is 0 Å². The summed E-state index contributed by atoms with van der Waals surface area (Å²) in [7, 11) is 0. The summed E-state index contributed by atoms with van der Waals surface area (Å²) in [6.07, 6.45) is 0.180. The molecule has 0 aliphatic carbocycles. The van der Waals surface area contributed by atoms with Gasteiger partial charge in [0.1, 0.15) is 0 Å². The third-order valence-corrected chi connectivity index (χ3v) is 2.47. The summed E-state index contributed by atoms with van der Waals surface area (Å²) in [5.41, 5.74) is 0.176. The topological polar surface area (TPSA) is 30.5 Å². The van der Waals surface area contributed by atoms with Crippen molar-refractivity contribution < 1.29 is 9.47 Å². The Morgan fingerprint density at radius 2 is 1.82 bits per heavy atom. The molecule has 1 unspecified atom stereocenters. The Bertz CT molecular complexity index is 181. The zero-order valence-corrected chi connectivity index (χ0v) is 12.5. The molecule has 0 saturated heterocycles. The van der Waals surface area contributed by atoms with Gasteiger partial charge in [-0.05, 0) is 26.3 Å². The quantitative estimate of drug-likeness (QED) is 0.642. The second kappa shape index (κ2) is 8.90. The Balaban J connectivity index is 3.68. The van der Waals surface area contributed by atoms with Crippen LogP contribution in [-0.2, 0) is 9.47 Å². The highest BCUT2D eigenvalue weighted by Crippen LogP contribution is 2.15. The summed E-state index contributed by atoms with van der Waals surface area (Å²) in [6.45, 7) is 17.2. The predicted octanol–water partition coefficient (Wildman–Crippen LogP) is 2.70. The highest BCUT2D eigenvalue weighted by Gasteiger charge is 2.19. The third kappa shape index (κ3) is 10.7. The summed E-state index contributed by atoms with van der Waals surface area (Å²) in [6, 6.07) is 0. The first-order valence-electron chi connectivity index (χ1n) is 6.77. The highest BCUT2D eigenvalue weighted by molar-refractivity contribution is 4.72. The Morgan fingerprint density at radius 1 is 1.18 bits per heavy atom. The van der Waals surface area contributed by atoms with E-state index in [9.17, 15) is 0 Å². The smallest absolute Gasteiger partial charge is 0.0780 e. The van der Waals surface area contributed by atoms with Crippen molar-refractivity contribution in [2.24, 2.45) is 11.3 Å². The fourth-order valence-electron chi connectivity index (χ4n) is 1.45. The number of ether oxygens (including phenoxy) is 2. The molecule has 17 heavy (non-hydrogen) atoms. The molecule has 0 aliphatic heterocycles. The molecule has 0 amide bonds. The molecule has 0 aromatic rings. The minimum atomic E-state index is 0.176. The van der Waals surface area contributed by atoms with Gasteiger partial charge in [-0.2, -0.15) is 0 Å². The second-order valence-electron chi connectivity index (χ2n) is 5.97. The van der Waals surface area contributed by atoms with E-state index in [-0.39, 0.29) is 11.5 Å². The standard InChI is InChI=1S/C14H31NO2/c1-7-16-9-13(4)17-11-14(5,6)10-15-8-12(2)3/h12-13,15H,7-11H2,1-6H3. The van der Waals surface area contributed by atoms with Gasteiger partial charge >= 0.3 is 0 Å². The van der Waals surface area contributed by atoms with Gasteiger partial charge in [-0.1, -0.05) is 27.7 Å². The summed E-state index contributed by atoms with van der Waals surface area (Å²) in [4.78, 5) is 0. The predicted molar refractivity (Wildman–Crippen MR) is 73.4 cm³/mol. The van der Waals surface area contributed by atoms with E-state index in [4.69, 9.17) is 9.47 Å². The molecule has 0 aliphatic rings. The first-order chi connectivity index (χ1) is 7.87. The van der Waals surface area contributed by atoms with E-state index < -0.39 is 0 Å². The first kappa shape index (κ1) is 16.9. The zero-order valence-electron chi connectivity index (χ0n) is 12.5. The maximum Gasteiger partial charge on any atom is 0.0780 e. The minimum Gasteiger partial charge on any atom is -0.379 e. The van der Waals surface area contributed by atoms with E-state index in [2.05, 4.69) is 39.9 Å². The molecule has 104 valence electrons. The molecule has 3 heteroatoms. The van der Waals surface area contributed by atoms with Gasteiger partial charge in [0, 0.05) is 18.6 Å². The minimum absolute atomic E-state index is 0.176. The highest BCUT2D eigenvalue weighted by atomic mass is 16.5. The van der Waals surface area contributed by atoms with Crippen LogP contribution in [0.3, 0.4) is 0 Å². The van der Waals surface area contributed by atoms with E-state index in [1.165, 1.54) is 0 Å². The van der Waals surface area contributed by atoms with Gasteiger partial charge < -0.3 is 14.8 Å². The van der Waals surface area contributed by atoms with Crippen LogP contribution in [0.5, 0.6) is 0 Å². The Hall–Kier alpha value is -0.120. The average molecular weight is 245 g/mol. The van der Waals surface area contributed by atoms with Crippen molar-refractivity contribution in [3.05, 3.63) is 0 Å². The second-order valence-corrected chi connectivity index (χ2v) is 5.97. The number of nitrogens with one attached hydrogen (secondary N) is 1. The van der Waals surface area contributed by atoms with Crippen LogP contribution in [0.2, 0.25) is 0 Å². The summed E-state index contributed by atoms with van der Waals surface area (Å²) < 4.78 is 11.1. The van der Waals surface area contributed by atoms with E-state index in [1.54, 1.807) is 0 Å². The van der Waals surface area contributed by atoms with Crippen LogP contribution in [0, 0.1) is 11.3 Å². The van der Waals surface area contributed by atoms with Crippen LogP contribution in [0.15, 0.2) is 0 Å². The molecule has 0 heterocycles. The summed E-state index contributed by atoms with van der Waals surface area (Å²) >= 11 is 0. The molecule has 0 radical (unpaired) electrons. The molecule has 3 nitrogen and oxygen atoms in total. The lowest BCUT2D eigenvalue weighted by Crippen LogP contribution is -2.36. The molecular formula is C14H31NO2. The van der Waals surface area contributed by atoms with E-state index in [1.807, 2.05) is 6.92 Å². The lowest BCUT2D eigenvalue weighted by Gasteiger charge is -2.27. The number of hydrogen-bond acceptors (Lipinski definition) is 3. The molecule has 0 fully saturated rings. The first-order valence-corrected chi connectivity index (χ1v) is 6.77. The van der Waals surface area contributed by atoms with Crippen molar-refractivity contribution in [3.63, 3.8) is 0 Å². The van der Waals surface area contributed by atoms with E-state index >= 15 is 0 Å². The van der Waals surface area contributed by atoms with Crippen molar-refractivity contribution in [1.29, 1.82) is 0 Å². The maximum atomic E-state index is 5.80. The van der Waals surface area contributed by atoms with Crippen molar-refractivity contribution >= 4 is 0 Å². The zero-order chi connectivity index (χ0) is 13.3. The summed E-state index contributed by atoms with van der Waals surface area (Å²) in [5, 5.41) is 3.48. The normalized spacial score (nSPS) is 14.3. The lowest BCUT2D eigenvalue weighted by atomic mass is 9.94. The van der Waals surface area contributed by atoms with Crippen LogP contribution in [-0.4, -0.2) is 39.0 Å². The van der Waals surface area contributed by atoms with Gasteiger partial charge in [0.15, 0.2) is 0 Å². The Kier molecular flexibility index (Phi) is 8.83. The SMILES string of the molecule is CCOCC(C)OCC(C)(C)CNCC(C)C. The maximum absolute atomic E-state index is 5.80. The van der Waals surface area contributed by atoms with Crippen LogP contribution in [0.4, 0.5) is 0 Å². The van der Waals surface area contributed by atoms with Gasteiger partial charge in [-0.25, -0.2) is 0 Å². The molecule has 1 N–H and O–H groups in total. The monoisotopic (exact) mass is 245 g/mol. The van der Waals surface area contributed by atoms with Crippen LogP contribution in [0.1, 0.15) is 41.5 Å². The van der Waals surface area contributed by atoms with E-state index in [0.29, 0.717) is 12.5 Å². The van der Waals surface area contributed by atoms with Crippen molar-refractivity contribution in [1.82, 2.24) is 5.32 Å². The average Bonchev–Trinajstić information content (AvgIpc) is 2.23. The number of rotatable bonds is 10.